The van der Waals surface area contributed by atoms with Gasteiger partial charge in [-0.05, 0) is 12.1 Å². The summed E-state index contributed by atoms with van der Waals surface area (Å²) in [5.41, 5.74) is 2.20. The number of aromatic nitrogens is 5. The molecule has 1 N–H and O–H groups in total. The van der Waals surface area contributed by atoms with Crippen LogP contribution in [0.4, 0.5) is 0 Å². The SMILES string of the molecule is CO[C@@H]1CN(C(=O)c2cnc3[nH]ccc3c2)C[C@H]1c1cn(C)nn1. The number of aromatic amines is 1. The largest absolute Gasteiger partial charge is 0.379 e. The van der Waals surface area contributed by atoms with Gasteiger partial charge in [-0.25, -0.2) is 4.98 Å². The molecule has 1 amide bonds. The second-order valence-corrected chi connectivity index (χ2v) is 6.05. The van der Waals surface area contributed by atoms with E-state index in [2.05, 4.69) is 20.3 Å². The molecule has 1 fully saturated rings. The predicted molar refractivity (Wildman–Crippen MR) is 86.5 cm³/mol. The first-order chi connectivity index (χ1) is 11.7. The number of hydrogen-bond donors (Lipinski definition) is 1. The molecule has 0 spiro atoms. The maximum atomic E-state index is 12.8. The number of H-pyrrole nitrogens is 1. The number of hydrogen-bond acceptors (Lipinski definition) is 5. The first kappa shape index (κ1) is 14.8. The van der Waals surface area contributed by atoms with Crippen LogP contribution in [0.1, 0.15) is 22.0 Å². The van der Waals surface area contributed by atoms with Crippen LogP contribution >= 0.6 is 0 Å². The molecule has 8 nitrogen and oxygen atoms in total. The highest BCUT2D eigenvalue weighted by Gasteiger charge is 2.38. The molecule has 3 aromatic heterocycles. The highest BCUT2D eigenvalue weighted by atomic mass is 16.5. The number of nitrogens with one attached hydrogen (secondary N) is 1. The lowest BCUT2D eigenvalue weighted by molar-refractivity contribution is 0.0714. The Morgan fingerprint density at radius 2 is 2.29 bits per heavy atom. The van der Waals surface area contributed by atoms with Gasteiger partial charge in [-0.1, -0.05) is 5.21 Å². The van der Waals surface area contributed by atoms with Crippen molar-refractivity contribution in [2.45, 2.75) is 12.0 Å². The van der Waals surface area contributed by atoms with Gasteiger partial charge in [0.15, 0.2) is 0 Å². The Morgan fingerprint density at radius 3 is 3.04 bits per heavy atom. The zero-order valence-corrected chi connectivity index (χ0v) is 13.5. The van der Waals surface area contributed by atoms with Crippen molar-refractivity contribution in [3.8, 4) is 0 Å². The monoisotopic (exact) mass is 326 g/mol. The minimum Gasteiger partial charge on any atom is -0.379 e. The second kappa shape index (κ2) is 5.72. The molecule has 8 heteroatoms. The molecule has 0 saturated carbocycles. The smallest absolute Gasteiger partial charge is 0.255 e. The third kappa shape index (κ3) is 2.44. The van der Waals surface area contributed by atoms with Crippen molar-refractivity contribution in [2.75, 3.05) is 20.2 Å². The highest BCUT2D eigenvalue weighted by molar-refractivity contribution is 5.97. The van der Waals surface area contributed by atoms with Crippen molar-refractivity contribution in [1.82, 2.24) is 29.9 Å². The van der Waals surface area contributed by atoms with E-state index in [1.807, 2.05) is 31.6 Å². The van der Waals surface area contributed by atoms with Crippen LogP contribution in [0.25, 0.3) is 11.0 Å². The fourth-order valence-electron chi connectivity index (χ4n) is 3.24. The number of amides is 1. The van der Waals surface area contributed by atoms with Gasteiger partial charge in [-0.2, -0.15) is 0 Å². The summed E-state index contributed by atoms with van der Waals surface area (Å²) in [6, 6.07) is 3.77. The minimum atomic E-state index is -0.0883. The maximum absolute atomic E-state index is 12.8. The van der Waals surface area contributed by atoms with Crippen molar-refractivity contribution in [3.63, 3.8) is 0 Å². The zero-order chi connectivity index (χ0) is 16.7. The van der Waals surface area contributed by atoms with Gasteiger partial charge in [-0.3, -0.25) is 9.48 Å². The van der Waals surface area contributed by atoms with Gasteiger partial charge in [0.25, 0.3) is 5.91 Å². The number of likely N-dealkylation sites (tertiary alicyclic amines) is 1. The van der Waals surface area contributed by atoms with Crippen molar-refractivity contribution < 1.29 is 9.53 Å². The van der Waals surface area contributed by atoms with Crippen molar-refractivity contribution in [2.24, 2.45) is 7.05 Å². The Kier molecular flexibility index (Phi) is 3.53. The van der Waals surface area contributed by atoms with Crippen molar-refractivity contribution in [1.29, 1.82) is 0 Å². The third-order valence-electron chi connectivity index (χ3n) is 4.50. The first-order valence-corrected chi connectivity index (χ1v) is 7.77. The molecule has 4 rings (SSSR count). The number of carbonyl (C=O) groups excluding carboxylic acids is 1. The van der Waals surface area contributed by atoms with Crippen molar-refractivity contribution >= 4 is 16.9 Å². The highest BCUT2D eigenvalue weighted by Crippen LogP contribution is 2.29. The van der Waals surface area contributed by atoms with E-state index in [9.17, 15) is 4.79 Å². The number of methoxy groups -OCH3 is 1. The van der Waals surface area contributed by atoms with E-state index in [4.69, 9.17) is 4.74 Å². The van der Waals surface area contributed by atoms with Gasteiger partial charge in [-0.15, -0.1) is 5.10 Å². The van der Waals surface area contributed by atoms with Gasteiger partial charge < -0.3 is 14.6 Å². The van der Waals surface area contributed by atoms with E-state index < -0.39 is 0 Å². The summed E-state index contributed by atoms with van der Waals surface area (Å²) >= 11 is 0. The molecule has 0 bridgehead atoms. The summed E-state index contributed by atoms with van der Waals surface area (Å²) in [5.74, 6) is -0.0179. The van der Waals surface area contributed by atoms with E-state index in [1.54, 1.807) is 22.9 Å². The number of nitrogens with zero attached hydrogens (tertiary/aromatic N) is 5. The van der Waals surface area contributed by atoms with Crippen LogP contribution in [0.2, 0.25) is 0 Å². The number of aryl methyl sites for hydroxylation is 1. The van der Waals surface area contributed by atoms with E-state index in [0.717, 1.165) is 16.7 Å². The number of rotatable bonds is 3. The topological polar surface area (TPSA) is 88.9 Å². The van der Waals surface area contributed by atoms with Crippen LogP contribution in [0.3, 0.4) is 0 Å². The van der Waals surface area contributed by atoms with Crippen molar-refractivity contribution in [3.05, 3.63) is 42.0 Å². The summed E-state index contributed by atoms with van der Waals surface area (Å²) in [6.45, 7) is 1.09. The Morgan fingerprint density at radius 1 is 1.42 bits per heavy atom. The Hall–Kier alpha value is -2.74. The second-order valence-electron chi connectivity index (χ2n) is 6.05. The third-order valence-corrected chi connectivity index (χ3v) is 4.50. The summed E-state index contributed by atoms with van der Waals surface area (Å²) < 4.78 is 7.23. The van der Waals surface area contributed by atoms with Crippen LogP contribution in [0.15, 0.2) is 30.7 Å². The molecule has 0 radical (unpaired) electrons. The van der Waals surface area contributed by atoms with Gasteiger partial charge in [0.05, 0.1) is 23.3 Å². The molecule has 3 aromatic rings. The van der Waals surface area contributed by atoms with Crippen LogP contribution < -0.4 is 0 Å². The molecular weight excluding hydrogens is 308 g/mol. The first-order valence-electron chi connectivity index (χ1n) is 7.77. The molecule has 24 heavy (non-hydrogen) atoms. The summed E-state index contributed by atoms with van der Waals surface area (Å²) in [6.07, 6.45) is 5.21. The Bertz CT molecular complexity index is 885. The number of ether oxygens (including phenoxy) is 1. The Balaban J connectivity index is 1.58. The zero-order valence-electron chi connectivity index (χ0n) is 13.5. The molecule has 0 unspecified atom stereocenters. The average Bonchev–Trinajstić information content (AvgIpc) is 3.31. The van der Waals surface area contributed by atoms with Gasteiger partial charge >= 0.3 is 0 Å². The fraction of sp³-hybridized carbons (Fsp3) is 0.375. The van der Waals surface area contributed by atoms with E-state index in [-0.39, 0.29) is 17.9 Å². The van der Waals surface area contributed by atoms with E-state index in [1.165, 1.54) is 0 Å². The normalized spacial score (nSPS) is 20.8. The van der Waals surface area contributed by atoms with Gasteiger partial charge in [0.2, 0.25) is 0 Å². The summed E-state index contributed by atoms with van der Waals surface area (Å²) in [5, 5.41) is 9.08. The fourth-order valence-corrected chi connectivity index (χ4v) is 3.24. The molecule has 1 aliphatic rings. The minimum absolute atomic E-state index is 0.0246. The molecule has 2 atom stereocenters. The number of carbonyl (C=O) groups is 1. The summed E-state index contributed by atoms with van der Waals surface area (Å²) in [4.78, 5) is 22.0. The lowest BCUT2D eigenvalue weighted by atomic mass is 10.0. The predicted octanol–water partition coefficient (Wildman–Crippen LogP) is 0.946. The quantitative estimate of drug-likeness (QED) is 0.774. The molecule has 4 heterocycles. The van der Waals surface area contributed by atoms with Gasteiger partial charge in [0, 0.05) is 51.2 Å². The van der Waals surface area contributed by atoms with Crippen LogP contribution in [0, 0.1) is 0 Å². The molecule has 1 aliphatic heterocycles. The number of fused-ring (bicyclic) bond motifs is 1. The van der Waals surface area contributed by atoms with Crippen LogP contribution in [-0.2, 0) is 11.8 Å². The van der Waals surface area contributed by atoms with Crippen LogP contribution in [0.5, 0.6) is 0 Å². The van der Waals surface area contributed by atoms with E-state index >= 15 is 0 Å². The van der Waals surface area contributed by atoms with Gasteiger partial charge in [0.1, 0.15) is 5.65 Å². The molecule has 1 saturated heterocycles. The Labute approximate surface area is 138 Å². The van der Waals surface area contributed by atoms with Crippen LogP contribution in [-0.4, -0.2) is 62.1 Å². The maximum Gasteiger partial charge on any atom is 0.255 e. The summed E-state index contributed by atoms with van der Waals surface area (Å²) in [7, 11) is 3.49. The lowest BCUT2D eigenvalue weighted by Crippen LogP contribution is -2.30. The van der Waals surface area contributed by atoms with E-state index in [0.29, 0.717) is 18.7 Å². The molecule has 0 aliphatic carbocycles. The average molecular weight is 326 g/mol. The molecule has 0 aromatic carbocycles. The molecular formula is C16H18N6O2. The lowest BCUT2D eigenvalue weighted by Gasteiger charge is -2.15. The molecule has 124 valence electrons. The number of pyridine rings is 1. The standard InChI is InChI=1S/C16H18N6O2/c1-21-8-13(19-20-21)12-7-22(9-14(12)24-2)16(23)11-5-10-3-4-17-15(10)18-6-11/h3-6,8,12,14H,7,9H2,1-2H3,(H,17,18)/t12-,14+/m0/s1.